The predicted octanol–water partition coefficient (Wildman–Crippen LogP) is 18.2. The van der Waals surface area contributed by atoms with Crippen LogP contribution in [0.15, 0.2) is 253 Å². The molecule has 0 N–H and O–H groups in total. The van der Waals surface area contributed by atoms with E-state index in [-0.39, 0.29) is 0 Å². The van der Waals surface area contributed by atoms with Crippen molar-refractivity contribution in [1.29, 1.82) is 0 Å². The molecule has 0 radical (unpaired) electrons. The summed E-state index contributed by atoms with van der Waals surface area (Å²) in [6.07, 6.45) is 0. The highest BCUT2D eigenvalue weighted by Crippen LogP contribution is 2.64. The molecule has 3 heteroatoms. The van der Waals surface area contributed by atoms with Crippen molar-refractivity contribution in [2.24, 2.45) is 0 Å². The van der Waals surface area contributed by atoms with E-state index < -0.39 is 5.41 Å². The molecule has 2 aliphatic carbocycles. The lowest BCUT2D eigenvalue weighted by atomic mass is 9.66. The number of anilines is 3. The monoisotopic (exact) mass is 891 g/mol. The van der Waals surface area contributed by atoms with Crippen LogP contribution < -0.4 is 9.64 Å². The molecule has 11 aromatic carbocycles. The molecule has 12 aromatic rings. The Morgan fingerprint density at radius 1 is 0.329 bits per heavy atom. The molecule has 2 heterocycles. The SMILES string of the molecule is c1ccc(-c2ccc(N(c3ccc4c(c3)-c3ccccc3-c3ccccc3C43c4ccccc4-c4c3ccc3c4oc4ccccc43)c3cccc4c3Oc3ccccc3-c3ccccc3-4)cc2)cc1. The van der Waals surface area contributed by atoms with Crippen molar-refractivity contribution >= 4 is 39.0 Å². The highest BCUT2D eigenvalue weighted by molar-refractivity contribution is 6.13. The van der Waals surface area contributed by atoms with E-state index in [1.807, 2.05) is 0 Å². The van der Waals surface area contributed by atoms with Crippen LogP contribution in [-0.4, -0.2) is 0 Å². The van der Waals surface area contributed by atoms with Crippen LogP contribution >= 0.6 is 0 Å². The fourth-order valence-electron chi connectivity index (χ4n) is 12.2. The number of fused-ring (bicyclic) bond motifs is 21. The van der Waals surface area contributed by atoms with Gasteiger partial charge in [-0.15, -0.1) is 0 Å². The molecule has 326 valence electrons. The quantitative estimate of drug-likeness (QED) is 0.176. The predicted molar refractivity (Wildman–Crippen MR) is 287 cm³/mol. The van der Waals surface area contributed by atoms with Crippen LogP contribution in [0, 0.1) is 0 Å². The normalized spacial score (nSPS) is 14.5. The van der Waals surface area contributed by atoms with Gasteiger partial charge in [-0.2, -0.15) is 0 Å². The molecule has 70 heavy (non-hydrogen) atoms. The largest absolute Gasteiger partial charge is 0.455 e. The minimum atomic E-state index is -0.689. The van der Waals surface area contributed by atoms with E-state index >= 15 is 0 Å². The minimum Gasteiger partial charge on any atom is -0.455 e. The summed E-state index contributed by atoms with van der Waals surface area (Å²) in [6, 6.07) is 90.6. The van der Waals surface area contributed by atoms with Gasteiger partial charge in [0.2, 0.25) is 0 Å². The van der Waals surface area contributed by atoms with Crippen molar-refractivity contribution in [2.45, 2.75) is 5.41 Å². The highest BCUT2D eigenvalue weighted by atomic mass is 16.5. The van der Waals surface area contributed by atoms with E-state index in [1.54, 1.807) is 0 Å². The van der Waals surface area contributed by atoms with Crippen molar-refractivity contribution < 1.29 is 9.15 Å². The van der Waals surface area contributed by atoms with Crippen molar-refractivity contribution in [3.63, 3.8) is 0 Å². The number of benzene rings is 11. The Hall–Kier alpha value is -9.18. The zero-order chi connectivity index (χ0) is 45.9. The van der Waals surface area contributed by atoms with Crippen LogP contribution in [-0.2, 0) is 5.41 Å². The van der Waals surface area contributed by atoms with Crippen molar-refractivity contribution in [3.05, 3.63) is 271 Å². The average molecular weight is 892 g/mol. The number of hydrogen-bond acceptors (Lipinski definition) is 3. The topological polar surface area (TPSA) is 25.6 Å². The number of furan rings is 1. The second-order valence-corrected chi connectivity index (χ2v) is 18.6. The molecular formula is C67H41NO2. The Labute approximate surface area is 405 Å². The third-order valence-corrected chi connectivity index (χ3v) is 15.1. The Kier molecular flexibility index (Phi) is 8.28. The summed E-state index contributed by atoms with van der Waals surface area (Å²) in [5.41, 5.74) is 22.9. The Morgan fingerprint density at radius 3 is 1.66 bits per heavy atom. The van der Waals surface area contributed by atoms with Gasteiger partial charge in [-0.05, 0) is 115 Å². The lowest BCUT2D eigenvalue weighted by Crippen LogP contribution is -2.29. The van der Waals surface area contributed by atoms with Gasteiger partial charge in [-0.3, -0.25) is 0 Å². The maximum atomic E-state index is 7.22. The Morgan fingerprint density at radius 2 is 0.871 bits per heavy atom. The first-order valence-corrected chi connectivity index (χ1v) is 24.1. The number of ether oxygens (including phenoxy) is 1. The highest BCUT2D eigenvalue weighted by Gasteiger charge is 2.51. The van der Waals surface area contributed by atoms with Gasteiger partial charge < -0.3 is 14.1 Å². The van der Waals surface area contributed by atoms with E-state index in [9.17, 15) is 0 Å². The molecule has 1 aromatic heterocycles. The van der Waals surface area contributed by atoms with E-state index in [2.05, 4.69) is 254 Å². The van der Waals surface area contributed by atoms with Crippen molar-refractivity contribution in [1.82, 2.24) is 0 Å². The Balaban J connectivity index is 1.03. The van der Waals surface area contributed by atoms with Crippen LogP contribution in [0.4, 0.5) is 17.1 Å². The van der Waals surface area contributed by atoms with Gasteiger partial charge in [0.1, 0.15) is 16.9 Å². The summed E-state index contributed by atoms with van der Waals surface area (Å²) in [6.45, 7) is 0. The Bertz CT molecular complexity index is 4110. The summed E-state index contributed by atoms with van der Waals surface area (Å²) >= 11 is 0. The van der Waals surface area contributed by atoms with Gasteiger partial charge in [-0.25, -0.2) is 0 Å². The van der Waals surface area contributed by atoms with Gasteiger partial charge in [0.15, 0.2) is 5.75 Å². The van der Waals surface area contributed by atoms with Crippen LogP contribution in [0.3, 0.4) is 0 Å². The smallest absolute Gasteiger partial charge is 0.159 e. The van der Waals surface area contributed by atoms with E-state index in [4.69, 9.17) is 9.15 Å². The lowest BCUT2D eigenvalue weighted by Gasteiger charge is -2.36. The van der Waals surface area contributed by atoms with E-state index in [0.29, 0.717) is 0 Å². The van der Waals surface area contributed by atoms with Crippen LogP contribution in [0.2, 0.25) is 0 Å². The standard InChI is InChI=1S/C67H41NO2/c1-2-17-42(18-3-1)43-33-35-44(36-34-43)68(61-30-16-27-53-48-21-6-5-20-47(48)51-24-10-14-31-62(51)69-65(53)61)45-37-39-59-56(41-45)49-22-7-4-19-46(49)50-23-8-12-28-57(50)67(59)58-29-13-9-26-55(58)64-60(67)40-38-54-52-25-11-15-32-63(52)70-66(54)64/h1-41H. The maximum absolute atomic E-state index is 7.22. The third kappa shape index (κ3) is 5.40. The number of nitrogens with zero attached hydrogens (tertiary/aromatic N) is 1. The summed E-state index contributed by atoms with van der Waals surface area (Å²) < 4.78 is 14.1. The molecule has 0 saturated carbocycles. The van der Waals surface area contributed by atoms with Gasteiger partial charge >= 0.3 is 0 Å². The lowest BCUT2D eigenvalue weighted by molar-refractivity contribution is 0.489. The zero-order valence-electron chi connectivity index (χ0n) is 37.9. The summed E-state index contributed by atoms with van der Waals surface area (Å²) in [4.78, 5) is 2.40. The second-order valence-electron chi connectivity index (χ2n) is 18.6. The van der Waals surface area contributed by atoms with Gasteiger partial charge in [-0.1, -0.05) is 206 Å². The molecule has 3 nitrogen and oxygen atoms in total. The fourth-order valence-corrected chi connectivity index (χ4v) is 12.2. The van der Waals surface area contributed by atoms with Gasteiger partial charge in [0.25, 0.3) is 0 Å². The van der Waals surface area contributed by atoms with Crippen LogP contribution in [0.25, 0.3) is 88.7 Å². The number of hydrogen-bond donors (Lipinski definition) is 0. The first-order chi connectivity index (χ1) is 34.7. The zero-order valence-corrected chi connectivity index (χ0v) is 37.9. The van der Waals surface area contributed by atoms with Gasteiger partial charge in [0, 0.05) is 38.8 Å². The maximum Gasteiger partial charge on any atom is 0.159 e. The van der Waals surface area contributed by atoms with Crippen LogP contribution in [0.5, 0.6) is 11.5 Å². The molecule has 1 aliphatic heterocycles. The molecule has 15 rings (SSSR count). The molecule has 1 atom stereocenters. The van der Waals surface area contributed by atoms with E-state index in [0.717, 1.165) is 83.9 Å². The molecule has 1 spiro atoms. The number of para-hydroxylation sites is 3. The summed E-state index contributed by atoms with van der Waals surface area (Å²) in [7, 11) is 0. The fraction of sp³-hybridized carbons (Fsp3) is 0.0149. The second kappa shape index (κ2) is 14.9. The average Bonchev–Trinajstić information content (AvgIpc) is 3.87. The number of rotatable bonds is 4. The van der Waals surface area contributed by atoms with Crippen LogP contribution in [0.1, 0.15) is 22.3 Å². The van der Waals surface area contributed by atoms with E-state index in [1.165, 1.54) is 55.6 Å². The molecule has 0 amide bonds. The minimum absolute atomic E-state index is 0.689. The molecule has 0 bridgehead atoms. The van der Waals surface area contributed by atoms with Crippen molar-refractivity contribution in [3.8, 4) is 78.3 Å². The summed E-state index contributed by atoms with van der Waals surface area (Å²) in [5, 5.41) is 2.26. The van der Waals surface area contributed by atoms with Gasteiger partial charge in [0.05, 0.1) is 11.1 Å². The first-order valence-electron chi connectivity index (χ1n) is 24.1. The molecule has 0 saturated heterocycles. The molecule has 1 unspecified atom stereocenters. The summed E-state index contributed by atoms with van der Waals surface area (Å²) in [5.74, 6) is 1.63. The first kappa shape index (κ1) is 38.9. The third-order valence-electron chi connectivity index (χ3n) is 15.1. The molecule has 0 fully saturated rings. The molecular weight excluding hydrogens is 851 g/mol. The molecule has 3 aliphatic rings. The van der Waals surface area contributed by atoms with Crippen molar-refractivity contribution in [2.75, 3.05) is 4.90 Å².